The Bertz CT molecular complexity index is 613. The lowest BCUT2D eigenvalue weighted by Crippen LogP contribution is -2.21. The molecular formula is C16H21N3O. The van der Waals surface area contributed by atoms with E-state index in [9.17, 15) is 4.79 Å². The van der Waals surface area contributed by atoms with Gasteiger partial charge in [0, 0.05) is 25.6 Å². The average Bonchev–Trinajstić information content (AvgIpc) is 3.19. The van der Waals surface area contributed by atoms with Gasteiger partial charge >= 0.3 is 0 Å². The molecule has 1 saturated carbocycles. The lowest BCUT2D eigenvalue weighted by atomic mass is 10.2. The fourth-order valence-electron chi connectivity index (χ4n) is 2.58. The number of nitrogens with zero attached hydrogens (tertiary/aromatic N) is 2. The summed E-state index contributed by atoms with van der Waals surface area (Å²) in [6.45, 7) is 3.75. The standard InChI is InChI=1S/C16H21N3O/c1-2-19-15-6-4-3-5-14(15)18-16(19)11-13(20)9-10-17-12-7-8-12/h3-6,12,17H,2,7-11H2,1H3. The van der Waals surface area contributed by atoms with E-state index in [0.717, 1.165) is 29.9 Å². The van der Waals surface area contributed by atoms with Crippen LogP contribution >= 0.6 is 0 Å². The zero-order chi connectivity index (χ0) is 13.9. The van der Waals surface area contributed by atoms with Crippen LogP contribution in [0.5, 0.6) is 0 Å². The lowest BCUT2D eigenvalue weighted by molar-refractivity contribution is -0.118. The highest BCUT2D eigenvalue weighted by atomic mass is 16.1. The molecule has 0 radical (unpaired) electrons. The van der Waals surface area contributed by atoms with E-state index in [1.165, 1.54) is 12.8 Å². The number of nitrogens with one attached hydrogen (secondary N) is 1. The zero-order valence-corrected chi connectivity index (χ0v) is 11.9. The first-order valence-corrected chi connectivity index (χ1v) is 7.47. The Balaban J connectivity index is 1.67. The summed E-state index contributed by atoms with van der Waals surface area (Å²) in [7, 11) is 0. The summed E-state index contributed by atoms with van der Waals surface area (Å²) in [4.78, 5) is 16.7. The molecule has 1 aliphatic rings. The number of aryl methyl sites for hydroxylation is 1. The van der Waals surface area contributed by atoms with Gasteiger partial charge in [0.25, 0.3) is 0 Å². The summed E-state index contributed by atoms with van der Waals surface area (Å²) >= 11 is 0. The van der Waals surface area contributed by atoms with Gasteiger partial charge in [-0.2, -0.15) is 0 Å². The minimum Gasteiger partial charge on any atom is -0.328 e. The average molecular weight is 271 g/mol. The van der Waals surface area contributed by atoms with Gasteiger partial charge in [-0.3, -0.25) is 4.79 Å². The van der Waals surface area contributed by atoms with Gasteiger partial charge in [0.2, 0.25) is 0 Å². The van der Waals surface area contributed by atoms with Crippen LogP contribution in [0.4, 0.5) is 0 Å². The second-order valence-electron chi connectivity index (χ2n) is 5.45. The summed E-state index contributed by atoms with van der Waals surface area (Å²) in [5.41, 5.74) is 2.10. The molecule has 0 aliphatic heterocycles. The van der Waals surface area contributed by atoms with Crippen LogP contribution in [-0.2, 0) is 17.8 Å². The van der Waals surface area contributed by atoms with Gasteiger partial charge in [-0.25, -0.2) is 4.98 Å². The van der Waals surface area contributed by atoms with E-state index in [1.54, 1.807) is 0 Å². The van der Waals surface area contributed by atoms with Crippen LogP contribution in [0, 0.1) is 0 Å². The smallest absolute Gasteiger partial charge is 0.141 e. The normalized spacial score (nSPS) is 14.8. The molecule has 20 heavy (non-hydrogen) atoms. The molecule has 1 aliphatic carbocycles. The Kier molecular flexibility index (Phi) is 3.83. The van der Waals surface area contributed by atoms with E-state index >= 15 is 0 Å². The number of fused-ring (bicyclic) bond motifs is 1. The van der Waals surface area contributed by atoms with Crippen molar-refractivity contribution < 1.29 is 4.79 Å². The minimum absolute atomic E-state index is 0.267. The topological polar surface area (TPSA) is 46.9 Å². The molecule has 1 N–H and O–H groups in total. The number of ketones is 1. The SMILES string of the molecule is CCn1c(CC(=O)CCNC2CC2)nc2ccccc21. The molecule has 0 atom stereocenters. The number of carbonyl (C=O) groups is 1. The first-order valence-electron chi connectivity index (χ1n) is 7.47. The van der Waals surface area contributed by atoms with Gasteiger partial charge in [0.1, 0.15) is 11.6 Å². The highest BCUT2D eigenvalue weighted by Gasteiger charge is 2.20. The van der Waals surface area contributed by atoms with Crippen LogP contribution in [-0.4, -0.2) is 27.9 Å². The van der Waals surface area contributed by atoms with Crippen LogP contribution in [0.15, 0.2) is 24.3 Å². The molecule has 1 fully saturated rings. The molecule has 0 spiro atoms. The number of benzene rings is 1. The second kappa shape index (κ2) is 5.75. The molecule has 4 heteroatoms. The van der Waals surface area contributed by atoms with Crippen molar-refractivity contribution >= 4 is 16.8 Å². The predicted octanol–water partition coefficient (Wildman–Crippen LogP) is 2.31. The number of Topliss-reactive ketones (excluding diaryl/α,β-unsaturated/α-hetero) is 1. The highest BCUT2D eigenvalue weighted by molar-refractivity contribution is 5.82. The Labute approximate surface area is 119 Å². The maximum atomic E-state index is 12.1. The fourth-order valence-corrected chi connectivity index (χ4v) is 2.58. The number of hydrogen-bond donors (Lipinski definition) is 1. The van der Waals surface area contributed by atoms with Crippen molar-refractivity contribution in [2.24, 2.45) is 0 Å². The molecule has 0 saturated heterocycles. The predicted molar refractivity (Wildman–Crippen MR) is 79.8 cm³/mol. The molecule has 0 amide bonds. The van der Waals surface area contributed by atoms with E-state index in [2.05, 4.69) is 27.9 Å². The quantitative estimate of drug-likeness (QED) is 0.840. The van der Waals surface area contributed by atoms with Crippen LogP contribution in [0.25, 0.3) is 11.0 Å². The summed E-state index contributed by atoms with van der Waals surface area (Å²) in [5, 5.41) is 3.38. The molecular weight excluding hydrogens is 250 g/mol. The maximum absolute atomic E-state index is 12.1. The number of hydrogen-bond acceptors (Lipinski definition) is 3. The lowest BCUT2D eigenvalue weighted by Gasteiger charge is -2.06. The molecule has 1 aromatic carbocycles. The second-order valence-corrected chi connectivity index (χ2v) is 5.45. The number of imidazole rings is 1. The van der Waals surface area contributed by atoms with Crippen LogP contribution < -0.4 is 5.32 Å². The highest BCUT2D eigenvalue weighted by Crippen LogP contribution is 2.19. The Morgan fingerprint density at radius 2 is 2.20 bits per heavy atom. The zero-order valence-electron chi connectivity index (χ0n) is 11.9. The third-order valence-electron chi connectivity index (χ3n) is 3.82. The van der Waals surface area contributed by atoms with Crippen molar-refractivity contribution in [1.29, 1.82) is 0 Å². The van der Waals surface area contributed by atoms with Crippen molar-refractivity contribution in [1.82, 2.24) is 14.9 Å². The molecule has 0 unspecified atom stereocenters. The van der Waals surface area contributed by atoms with Crippen LogP contribution in [0.3, 0.4) is 0 Å². The van der Waals surface area contributed by atoms with E-state index in [1.807, 2.05) is 18.2 Å². The molecule has 3 rings (SSSR count). The van der Waals surface area contributed by atoms with Gasteiger partial charge in [-0.05, 0) is 31.9 Å². The van der Waals surface area contributed by atoms with Gasteiger partial charge in [-0.1, -0.05) is 12.1 Å². The molecule has 4 nitrogen and oxygen atoms in total. The summed E-state index contributed by atoms with van der Waals surface area (Å²) in [5.74, 6) is 1.16. The minimum atomic E-state index is 0.267. The van der Waals surface area contributed by atoms with E-state index in [4.69, 9.17) is 0 Å². The van der Waals surface area contributed by atoms with Gasteiger partial charge in [0.15, 0.2) is 0 Å². The summed E-state index contributed by atoms with van der Waals surface area (Å²) in [6.07, 6.45) is 3.57. The van der Waals surface area contributed by atoms with Gasteiger partial charge in [0.05, 0.1) is 17.5 Å². The molecule has 2 aromatic rings. The Hall–Kier alpha value is -1.68. The third-order valence-corrected chi connectivity index (χ3v) is 3.82. The van der Waals surface area contributed by atoms with E-state index < -0.39 is 0 Å². The first kappa shape index (κ1) is 13.3. The summed E-state index contributed by atoms with van der Waals surface area (Å²) < 4.78 is 2.14. The van der Waals surface area contributed by atoms with Crippen LogP contribution in [0.2, 0.25) is 0 Å². The van der Waals surface area contributed by atoms with Gasteiger partial charge < -0.3 is 9.88 Å². The monoisotopic (exact) mass is 271 g/mol. The van der Waals surface area contributed by atoms with E-state index in [0.29, 0.717) is 18.9 Å². The van der Waals surface area contributed by atoms with Crippen molar-refractivity contribution in [3.63, 3.8) is 0 Å². The third kappa shape index (κ3) is 2.90. The fraction of sp³-hybridized carbons (Fsp3) is 0.500. The van der Waals surface area contributed by atoms with Crippen molar-refractivity contribution in [3.05, 3.63) is 30.1 Å². The first-order chi connectivity index (χ1) is 9.78. The molecule has 0 bridgehead atoms. The van der Waals surface area contributed by atoms with Crippen molar-refractivity contribution in [2.45, 2.75) is 45.2 Å². The largest absolute Gasteiger partial charge is 0.328 e. The number of carbonyl (C=O) groups excluding carboxylic acids is 1. The molecule has 1 aromatic heterocycles. The number of rotatable bonds is 7. The van der Waals surface area contributed by atoms with Crippen LogP contribution in [0.1, 0.15) is 32.0 Å². The Morgan fingerprint density at radius 3 is 2.95 bits per heavy atom. The molecule has 106 valence electrons. The number of aromatic nitrogens is 2. The summed E-state index contributed by atoms with van der Waals surface area (Å²) in [6, 6.07) is 8.74. The molecule has 1 heterocycles. The Morgan fingerprint density at radius 1 is 1.40 bits per heavy atom. The number of para-hydroxylation sites is 2. The van der Waals surface area contributed by atoms with Crippen molar-refractivity contribution in [2.75, 3.05) is 6.54 Å². The maximum Gasteiger partial charge on any atom is 0.141 e. The van der Waals surface area contributed by atoms with Crippen molar-refractivity contribution in [3.8, 4) is 0 Å². The van der Waals surface area contributed by atoms with Gasteiger partial charge in [-0.15, -0.1) is 0 Å². The van der Waals surface area contributed by atoms with E-state index in [-0.39, 0.29) is 5.78 Å².